The Hall–Kier alpha value is -2.32. The quantitative estimate of drug-likeness (QED) is 0.365. The molecule has 0 bridgehead atoms. The van der Waals surface area contributed by atoms with Crippen LogP contribution in [-0.4, -0.2) is 91.2 Å². The topological polar surface area (TPSA) is 146 Å². The highest BCUT2D eigenvalue weighted by Crippen LogP contribution is 2.38. The number of carbonyl (C=O) groups is 2. The number of likely N-dealkylation sites (tertiary alicyclic amines) is 1. The van der Waals surface area contributed by atoms with Gasteiger partial charge in [0.15, 0.2) is 0 Å². The molecule has 13 heteroatoms. The molecule has 3 N–H and O–H groups in total. The lowest BCUT2D eigenvalue weighted by Crippen LogP contribution is -2.55. The predicted octanol–water partition coefficient (Wildman–Crippen LogP) is 0.952. The molecule has 3 saturated heterocycles. The van der Waals surface area contributed by atoms with Crippen molar-refractivity contribution in [1.29, 1.82) is 0 Å². The summed E-state index contributed by atoms with van der Waals surface area (Å²) in [6.07, 6.45) is -0.240. The van der Waals surface area contributed by atoms with Crippen molar-refractivity contribution in [2.24, 2.45) is 5.41 Å². The number of carbonyl (C=O) groups excluding carboxylic acids is 2. The van der Waals surface area contributed by atoms with Crippen molar-refractivity contribution in [3.63, 3.8) is 0 Å². The van der Waals surface area contributed by atoms with E-state index in [1.165, 1.54) is 27.4 Å². The molecule has 11 nitrogen and oxygen atoms in total. The van der Waals surface area contributed by atoms with Crippen molar-refractivity contribution in [3.8, 4) is 0 Å². The number of hydrogen-bond acceptors (Lipinski definition) is 8. The van der Waals surface area contributed by atoms with Gasteiger partial charge in [0.1, 0.15) is 11.9 Å². The summed E-state index contributed by atoms with van der Waals surface area (Å²) < 4.78 is 52.7. The number of hydroxylamine groups is 1. The lowest BCUT2D eigenvalue weighted by molar-refractivity contribution is -0.141. The molecule has 3 fully saturated rings. The van der Waals surface area contributed by atoms with Gasteiger partial charge in [0.2, 0.25) is 10.0 Å². The Balaban J connectivity index is 1.40. The fourth-order valence-electron chi connectivity index (χ4n) is 5.18. The van der Waals surface area contributed by atoms with Crippen molar-refractivity contribution in [2.75, 3.05) is 45.1 Å². The molecule has 1 aromatic rings. The monoisotopic (exact) mass is 529 g/mol. The molecule has 0 aromatic heterocycles. The fraction of sp³-hybridized carbons (Fsp3) is 0.652. The number of halogens is 1. The second-order valence-electron chi connectivity index (χ2n) is 9.74. The molecule has 3 heterocycles. The maximum absolute atomic E-state index is 14.2. The first kappa shape index (κ1) is 26.7. The molecule has 0 saturated carbocycles. The minimum atomic E-state index is -3.99. The van der Waals surface area contributed by atoms with E-state index in [2.05, 4.69) is 0 Å². The third kappa shape index (κ3) is 5.49. The van der Waals surface area contributed by atoms with Crippen molar-refractivity contribution >= 4 is 22.0 Å². The van der Waals surface area contributed by atoms with Crippen LogP contribution in [0.25, 0.3) is 0 Å². The largest absolute Gasteiger partial charge is 0.444 e. The van der Waals surface area contributed by atoms with Gasteiger partial charge in [-0.25, -0.2) is 27.4 Å². The summed E-state index contributed by atoms with van der Waals surface area (Å²) >= 11 is 0. The first-order chi connectivity index (χ1) is 17.1. The van der Waals surface area contributed by atoms with E-state index in [0.29, 0.717) is 19.6 Å². The van der Waals surface area contributed by atoms with Crippen LogP contribution >= 0.6 is 0 Å². The van der Waals surface area contributed by atoms with Gasteiger partial charge in [-0.1, -0.05) is 18.2 Å². The lowest BCUT2D eigenvalue weighted by Gasteiger charge is -2.42. The Bertz CT molecular complexity index is 1060. The van der Waals surface area contributed by atoms with Gasteiger partial charge in [0, 0.05) is 38.2 Å². The molecule has 1 atom stereocenters. The summed E-state index contributed by atoms with van der Waals surface area (Å²) in [6.45, 7) is 0.920. The van der Waals surface area contributed by atoms with Gasteiger partial charge in [0.05, 0.1) is 30.0 Å². The molecule has 0 spiro atoms. The summed E-state index contributed by atoms with van der Waals surface area (Å²) in [5.74, 6) is -1.95. The van der Waals surface area contributed by atoms with Gasteiger partial charge in [-0.2, -0.15) is 0 Å². The van der Waals surface area contributed by atoms with E-state index in [-0.39, 0.29) is 63.5 Å². The molecular weight excluding hydrogens is 497 g/mol. The Morgan fingerprint density at radius 2 is 1.81 bits per heavy atom. The highest BCUT2D eigenvalue weighted by atomic mass is 32.2. The van der Waals surface area contributed by atoms with Gasteiger partial charge in [-0.15, -0.1) is 0 Å². The minimum Gasteiger partial charge on any atom is -0.444 e. The van der Waals surface area contributed by atoms with E-state index in [1.54, 1.807) is 11.5 Å². The normalized spacial score (nSPS) is 24.3. The first-order valence-electron chi connectivity index (χ1n) is 12.0. The zero-order valence-corrected chi connectivity index (χ0v) is 20.7. The third-order valence-electron chi connectivity index (χ3n) is 7.49. The molecule has 4 rings (SSSR count). The Morgan fingerprint density at radius 3 is 2.39 bits per heavy atom. The average molecular weight is 530 g/mol. The van der Waals surface area contributed by atoms with Crippen LogP contribution in [0.1, 0.15) is 37.7 Å². The SMILES string of the molecule is O=C(O[C@H]1CCOC1)N1CCC(CS(=O)(=O)N2CCC(O)(c3ccccc3F)CC2)(C(=O)NO)CC1. The molecule has 0 aliphatic carbocycles. The van der Waals surface area contributed by atoms with Crippen LogP contribution < -0.4 is 5.48 Å². The van der Waals surface area contributed by atoms with Gasteiger partial charge in [-0.05, 0) is 31.7 Å². The summed E-state index contributed by atoms with van der Waals surface area (Å²) in [5.41, 5.74) is -1.22. The molecule has 1 aromatic carbocycles. The molecule has 3 aliphatic heterocycles. The van der Waals surface area contributed by atoms with Crippen molar-refractivity contribution in [2.45, 2.75) is 43.8 Å². The Labute approximate surface area is 209 Å². The van der Waals surface area contributed by atoms with E-state index in [4.69, 9.17) is 9.47 Å². The Kier molecular flexibility index (Phi) is 7.86. The Morgan fingerprint density at radius 1 is 1.14 bits per heavy atom. The van der Waals surface area contributed by atoms with Crippen LogP contribution in [-0.2, 0) is 29.9 Å². The number of piperidine rings is 2. The summed E-state index contributed by atoms with van der Waals surface area (Å²) in [4.78, 5) is 26.5. The zero-order chi connectivity index (χ0) is 26.0. The van der Waals surface area contributed by atoms with Crippen LogP contribution in [0.5, 0.6) is 0 Å². The minimum absolute atomic E-state index is 0.00312. The number of nitrogens with zero attached hydrogens (tertiary/aromatic N) is 2. The molecular formula is C23H32FN3O8S. The van der Waals surface area contributed by atoms with Crippen molar-refractivity contribution in [1.82, 2.24) is 14.7 Å². The number of sulfonamides is 1. The van der Waals surface area contributed by atoms with Crippen LogP contribution in [0.2, 0.25) is 0 Å². The predicted molar refractivity (Wildman–Crippen MR) is 124 cm³/mol. The van der Waals surface area contributed by atoms with Crippen LogP contribution in [0, 0.1) is 11.2 Å². The average Bonchev–Trinajstić information content (AvgIpc) is 3.37. The molecule has 36 heavy (non-hydrogen) atoms. The highest BCUT2D eigenvalue weighted by molar-refractivity contribution is 7.89. The van der Waals surface area contributed by atoms with E-state index >= 15 is 0 Å². The number of aliphatic hydroxyl groups is 1. The smallest absolute Gasteiger partial charge is 0.410 e. The van der Waals surface area contributed by atoms with Crippen LogP contribution in [0.4, 0.5) is 9.18 Å². The van der Waals surface area contributed by atoms with Gasteiger partial charge in [0.25, 0.3) is 5.91 Å². The van der Waals surface area contributed by atoms with E-state index in [9.17, 15) is 32.7 Å². The van der Waals surface area contributed by atoms with Crippen molar-refractivity contribution in [3.05, 3.63) is 35.6 Å². The highest BCUT2D eigenvalue weighted by Gasteiger charge is 2.48. The maximum Gasteiger partial charge on any atom is 0.410 e. The van der Waals surface area contributed by atoms with Gasteiger partial charge in [-0.3, -0.25) is 10.0 Å². The molecule has 3 aliphatic rings. The number of ether oxygens (including phenoxy) is 2. The van der Waals surface area contributed by atoms with Crippen LogP contribution in [0.15, 0.2) is 24.3 Å². The van der Waals surface area contributed by atoms with Crippen molar-refractivity contribution < 1.29 is 42.2 Å². The van der Waals surface area contributed by atoms with E-state index < -0.39 is 44.6 Å². The van der Waals surface area contributed by atoms with E-state index in [0.717, 1.165) is 0 Å². The molecule has 2 amide bonds. The van der Waals surface area contributed by atoms with E-state index in [1.807, 2.05) is 0 Å². The zero-order valence-electron chi connectivity index (χ0n) is 19.9. The first-order valence-corrected chi connectivity index (χ1v) is 13.6. The number of rotatable bonds is 6. The standard InChI is InChI=1S/C23H32FN3O8S/c24-19-4-2-1-3-18(19)23(30)8-12-27(13-9-23)36(32,33)16-22(20(28)25-31)6-10-26(11-7-22)21(29)35-17-5-14-34-15-17/h1-4,17,30-31H,5-16H2,(H,25,28)/t17-/m0/s1. The lowest BCUT2D eigenvalue weighted by atomic mass is 9.79. The maximum atomic E-state index is 14.2. The number of hydrogen-bond donors (Lipinski definition) is 3. The fourth-order valence-corrected chi connectivity index (χ4v) is 7.22. The number of nitrogens with one attached hydrogen (secondary N) is 1. The molecule has 0 unspecified atom stereocenters. The third-order valence-corrected chi connectivity index (χ3v) is 9.56. The summed E-state index contributed by atoms with van der Waals surface area (Å²) in [5, 5.41) is 20.3. The van der Waals surface area contributed by atoms with Gasteiger partial charge >= 0.3 is 6.09 Å². The molecule has 200 valence electrons. The molecule has 0 radical (unpaired) electrons. The number of benzene rings is 1. The van der Waals surface area contributed by atoms with Gasteiger partial charge < -0.3 is 19.5 Å². The number of amides is 2. The summed E-state index contributed by atoms with van der Waals surface area (Å²) in [6, 6.07) is 5.86. The summed E-state index contributed by atoms with van der Waals surface area (Å²) in [7, 11) is -3.99. The second-order valence-corrected chi connectivity index (χ2v) is 11.7. The van der Waals surface area contributed by atoms with Crippen LogP contribution in [0.3, 0.4) is 0 Å². The second kappa shape index (κ2) is 10.6.